The summed E-state index contributed by atoms with van der Waals surface area (Å²) in [6, 6.07) is 7.59. The number of nitrogens with two attached hydrogens (primary N) is 1. The summed E-state index contributed by atoms with van der Waals surface area (Å²) in [4.78, 5) is 14.0. The maximum Gasteiger partial charge on any atom is 0.270 e. The molecule has 0 aliphatic heterocycles. The zero-order chi connectivity index (χ0) is 11.7. The van der Waals surface area contributed by atoms with E-state index in [1.807, 2.05) is 6.07 Å². The van der Waals surface area contributed by atoms with Gasteiger partial charge in [0.1, 0.15) is 11.9 Å². The van der Waals surface area contributed by atoms with Crippen LogP contribution in [0.4, 0.5) is 11.5 Å². The van der Waals surface area contributed by atoms with Gasteiger partial charge in [0.2, 0.25) is 0 Å². The molecule has 0 saturated heterocycles. The van der Waals surface area contributed by atoms with Gasteiger partial charge < -0.3 is 5.73 Å². The lowest BCUT2D eigenvalue weighted by Crippen LogP contribution is -1.95. The van der Waals surface area contributed by atoms with Gasteiger partial charge in [0.15, 0.2) is 0 Å². The largest absolute Gasteiger partial charge is 0.383 e. The van der Waals surface area contributed by atoms with Gasteiger partial charge in [-0.25, -0.2) is 4.98 Å². The first-order valence-corrected chi connectivity index (χ1v) is 4.36. The highest BCUT2D eigenvalue weighted by molar-refractivity contribution is 5.84. The van der Waals surface area contributed by atoms with Gasteiger partial charge >= 0.3 is 0 Å². The second-order valence-electron chi connectivity index (χ2n) is 3.17. The van der Waals surface area contributed by atoms with E-state index in [4.69, 9.17) is 11.0 Å². The summed E-state index contributed by atoms with van der Waals surface area (Å²) >= 11 is 0. The molecule has 0 radical (unpaired) electrons. The van der Waals surface area contributed by atoms with Crippen LogP contribution in [0.1, 0.15) is 5.56 Å². The molecule has 1 heterocycles. The van der Waals surface area contributed by atoms with Crippen LogP contribution < -0.4 is 5.73 Å². The van der Waals surface area contributed by atoms with Gasteiger partial charge in [-0.2, -0.15) is 5.26 Å². The van der Waals surface area contributed by atoms with E-state index >= 15 is 0 Å². The Balaban J connectivity index is 2.74. The Morgan fingerprint density at radius 3 is 2.81 bits per heavy atom. The molecular weight excluding hydrogens is 208 g/mol. The van der Waals surface area contributed by atoms with E-state index in [0.29, 0.717) is 10.9 Å². The molecule has 0 spiro atoms. The van der Waals surface area contributed by atoms with Crippen LogP contribution in [0.3, 0.4) is 0 Å². The summed E-state index contributed by atoms with van der Waals surface area (Å²) in [5.41, 5.74) is 6.23. The number of benzene rings is 1. The van der Waals surface area contributed by atoms with Crippen LogP contribution >= 0.6 is 0 Å². The molecule has 0 atom stereocenters. The molecule has 0 unspecified atom stereocenters. The molecule has 0 fully saturated rings. The van der Waals surface area contributed by atoms with Crippen molar-refractivity contribution < 1.29 is 4.92 Å². The van der Waals surface area contributed by atoms with Crippen LogP contribution in [0.5, 0.6) is 0 Å². The first kappa shape index (κ1) is 9.86. The highest BCUT2D eigenvalue weighted by Gasteiger charge is 2.09. The second kappa shape index (κ2) is 3.47. The molecule has 6 nitrogen and oxygen atoms in total. The monoisotopic (exact) mass is 214 g/mol. The Labute approximate surface area is 90.1 Å². The number of anilines is 1. The number of rotatable bonds is 1. The average Bonchev–Trinajstić information content (AvgIpc) is 2.27. The van der Waals surface area contributed by atoms with Crippen LogP contribution in [-0.4, -0.2) is 9.91 Å². The number of nitrogen functional groups attached to an aromatic ring is 1. The lowest BCUT2D eigenvalue weighted by Gasteiger charge is -2.00. The molecule has 0 amide bonds. The minimum Gasteiger partial charge on any atom is -0.383 e. The fraction of sp³-hybridized carbons (Fsp3) is 0. The SMILES string of the molecule is N#Cc1cc2cc([N+](=O)[O-])ccc2nc1N. The van der Waals surface area contributed by atoms with Crippen molar-refractivity contribution in [2.45, 2.75) is 0 Å². The van der Waals surface area contributed by atoms with E-state index in [1.165, 1.54) is 24.3 Å². The lowest BCUT2D eigenvalue weighted by molar-refractivity contribution is -0.384. The van der Waals surface area contributed by atoms with Crippen molar-refractivity contribution in [3.8, 4) is 6.07 Å². The van der Waals surface area contributed by atoms with Crippen molar-refractivity contribution >= 4 is 22.4 Å². The molecule has 1 aromatic carbocycles. The van der Waals surface area contributed by atoms with Crippen LogP contribution in [0, 0.1) is 21.4 Å². The van der Waals surface area contributed by atoms with Gasteiger partial charge in [0.05, 0.1) is 16.0 Å². The fourth-order valence-corrected chi connectivity index (χ4v) is 1.38. The second-order valence-corrected chi connectivity index (χ2v) is 3.17. The van der Waals surface area contributed by atoms with Gasteiger partial charge in [-0.3, -0.25) is 10.1 Å². The van der Waals surface area contributed by atoms with E-state index in [2.05, 4.69) is 4.98 Å². The number of nitro groups is 1. The van der Waals surface area contributed by atoms with Crippen molar-refractivity contribution in [2.24, 2.45) is 0 Å². The Morgan fingerprint density at radius 1 is 1.44 bits per heavy atom. The van der Waals surface area contributed by atoms with Crippen molar-refractivity contribution in [2.75, 3.05) is 5.73 Å². The number of non-ortho nitro benzene ring substituents is 1. The molecule has 0 bridgehead atoms. The van der Waals surface area contributed by atoms with Crippen molar-refractivity contribution in [3.63, 3.8) is 0 Å². The molecule has 1 aromatic heterocycles. The number of hydrogen-bond acceptors (Lipinski definition) is 5. The molecule has 16 heavy (non-hydrogen) atoms. The van der Waals surface area contributed by atoms with Crippen molar-refractivity contribution in [1.82, 2.24) is 4.98 Å². The van der Waals surface area contributed by atoms with Crippen LogP contribution in [0.25, 0.3) is 10.9 Å². The summed E-state index contributed by atoms with van der Waals surface area (Å²) in [5.74, 6) is 0.129. The van der Waals surface area contributed by atoms with Crippen LogP contribution in [-0.2, 0) is 0 Å². The zero-order valence-corrected chi connectivity index (χ0v) is 8.04. The minimum absolute atomic E-state index is 0.0389. The molecule has 0 saturated carbocycles. The predicted octanol–water partition coefficient (Wildman–Crippen LogP) is 1.60. The molecular formula is C10H6N4O2. The number of pyridine rings is 1. The van der Waals surface area contributed by atoms with Gasteiger partial charge in [0.25, 0.3) is 5.69 Å². The standard InChI is InChI=1S/C10H6N4O2/c11-5-7-3-6-4-8(14(15)16)1-2-9(6)13-10(7)12/h1-4H,(H2,12,13). The third-order valence-electron chi connectivity index (χ3n) is 2.16. The summed E-state index contributed by atoms with van der Waals surface area (Å²) in [6.45, 7) is 0. The Kier molecular flexibility index (Phi) is 2.14. The van der Waals surface area contributed by atoms with Gasteiger partial charge in [-0.1, -0.05) is 0 Å². The van der Waals surface area contributed by atoms with E-state index in [1.54, 1.807) is 0 Å². The maximum atomic E-state index is 10.6. The molecule has 2 N–H and O–H groups in total. The highest BCUT2D eigenvalue weighted by atomic mass is 16.6. The summed E-state index contributed by atoms with van der Waals surface area (Å²) in [6.07, 6.45) is 0. The zero-order valence-electron chi connectivity index (χ0n) is 8.04. The first-order chi connectivity index (χ1) is 7.61. The summed E-state index contributed by atoms with van der Waals surface area (Å²) < 4.78 is 0. The molecule has 6 heteroatoms. The fourth-order valence-electron chi connectivity index (χ4n) is 1.38. The van der Waals surface area contributed by atoms with E-state index in [-0.39, 0.29) is 17.1 Å². The molecule has 0 aliphatic rings. The quantitative estimate of drug-likeness (QED) is 0.573. The number of nitrogens with zero attached hydrogens (tertiary/aromatic N) is 3. The first-order valence-electron chi connectivity index (χ1n) is 4.36. The van der Waals surface area contributed by atoms with E-state index < -0.39 is 4.92 Å². The van der Waals surface area contributed by atoms with Crippen LogP contribution in [0.2, 0.25) is 0 Å². The third-order valence-corrected chi connectivity index (χ3v) is 2.16. The minimum atomic E-state index is -0.498. The third kappa shape index (κ3) is 1.50. The van der Waals surface area contributed by atoms with Gasteiger partial charge in [-0.15, -0.1) is 0 Å². The number of aromatic nitrogens is 1. The normalized spacial score (nSPS) is 9.94. The lowest BCUT2D eigenvalue weighted by atomic mass is 10.1. The van der Waals surface area contributed by atoms with Gasteiger partial charge in [-0.05, 0) is 12.1 Å². The topological polar surface area (TPSA) is 106 Å². The molecule has 2 rings (SSSR count). The molecule has 0 aliphatic carbocycles. The number of fused-ring (bicyclic) bond motifs is 1. The predicted molar refractivity (Wildman–Crippen MR) is 57.5 cm³/mol. The highest BCUT2D eigenvalue weighted by Crippen LogP contribution is 2.22. The van der Waals surface area contributed by atoms with Gasteiger partial charge in [0, 0.05) is 17.5 Å². The Morgan fingerprint density at radius 2 is 2.19 bits per heavy atom. The Hall–Kier alpha value is -2.68. The van der Waals surface area contributed by atoms with Crippen molar-refractivity contribution in [3.05, 3.63) is 39.9 Å². The van der Waals surface area contributed by atoms with E-state index in [9.17, 15) is 10.1 Å². The number of nitriles is 1. The Bertz CT molecular complexity index is 630. The van der Waals surface area contributed by atoms with Crippen LogP contribution in [0.15, 0.2) is 24.3 Å². The number of nitro benzene ring substituents is 1. The van der Waals surface area contributed by atoms with E-state index in [0.717, 1.165) is 0 Å². The molecule has 2 aromatic rings. The maximum absolute atomic E-state index is 10.6. The smallest absolute Gasteiger partial charge is 0.270 e. The molecule has 78 valence electrons. The summed E-state index contributed by atoms with van der Waals surface area (Å²) in [5, 5.41) is 19.8. The van der Waals surface area contributed by atoms with Crippen molar-refractivity contribution in [1.29, 1.82) is 5.26 Å². The average molecular weight is 214 g/mol. The summed E-state index contributed by atoms with van der Waals surface area (Å²) in [7, 11) is 0. The number of hydrogen-bond donors (Lipinski definition) is 1.